The summed E-state index contributed by atoms with van der Waals surface area (Å²) >= 11 is 6.12. The quantitative estimate of drug-likeness (QED) is 0.630. The fourth-order valence-corrected chi connectivity index (χ4v) is 3.88. The third kappa shape index (κ3) is 4.18. The van der Waals surface area contributed by atoms with Gasteiger partial charge >= 0.3 is 0 Å². The lowest BCUT2D eigenvalue weighted by Gasteiger charge is -2.14. The van der Waals surface area contributed by atoms with Crippen molar-refractivity contribution in [2.24, 2.45) is 4.99 Å². The highest BCUT2D eigenvalue weighted by Gasteiger charge is 2.29. The summed E-state index contributed by atoms with van der Waals surface area (Å²) in [6.07, 6.45) is 0.176. The molecule has 0 fully saturated rings. The fraction of sp³-hybridized carbons (Fsp3) is 0.304. The smallest absolute Gasteiger partial charge is 0.222 e. The molecule has 0 saturated heterocycles. The van der Waals surface area contributed by atoms with Crippen LogP contribution in [0.2, 0.25) is 5.02 Å². The van der Waals surface area contributed by atoms with Gasteiger partial charge in [0.2, 0.25) is 5.91 Å². The van der Waals surface area contributed by atoms with Gasteiger partial charge in [0.15, 0.2) is 5.82 Å². The van der Waals surface area contributed by atoms with Crippen LogP contribution >= 0.6 is 11.6 Å². The van der Waals surface area contributed by atoms with Crippen molar-refractivity contribution in [3.63, 3.8) is 0 Å². The number of nitrogens with zero attached hydrogens (tertiary/aromatic N) is 4. The number of aryl methyl sites for hydroxylation is 1. The van der Waals surface area contributed by atoms with Crippen molar-refractivity contribution >= 4 is 23.2 Å². The van der Waals surface area contributed by atoms with Crippen LogP contribution in [0, 0.1) is 6.92 Å². The Bertz CT molecular complexity index is 1140. The summed E-state index contributed by atoms with van der Waals surface area (Å²) in [6.45, 7) is 6.86. The van der Waals surface area contributed by atoms with Crippen molar-refractivity contribution in [1.82, 2.24) is 20.1 Å². The summed E-state index contributed by atoms with van der Waals surface area (Å²) in [6, 6.07) is 12.9. The maximum atomic E-state index is 12.5. The predicted octanol–water partition coefficient (Wildman–Crippen LogP) is 4.05. The van der Waals surface area contributed by atoms with Gasteiger partial charge in [0.1, 0.15) is 17.6 Å². The molecule has 0 radical (unpaired) electrons. The van der Waals surface area contributed by atoms with Gasteiger partial charge in [-0.3, -0.25) is 14.4 Å². The Morgan fingerprint density at radius 1 is 1.16 bits per heavy atom. The Kier molecular flexibility index (Phi) is 6.04. The highest BCUT2D eigenvalue weighted by molar-refractivity contribution is 6.30. The molecule has 0 saturated carbocycles. The Morgan fingerprint density at radius 3 is 2.65 bits per heavy atom. The minimum absolute atomic E-state index is 0.0835. The molecule has 0 aliphatic carbocycles. The SMILES string of the molecule is CCNC(=O)C[C@@H]1N=C(c2ccc(Cl)cc2)c2cc(OCC)ccc2-n2c(C)nnc21. The number of fused-ring (bicyclic) bond motifs is 3. The normalized spacial score (nSPS) is 14.8. The predicted molar refractivity (Wildman–Crippen MR) is 120 cm³/mol. The Balaban J connectivity index is 1.94. The van der Waals surface area contributed by atoms with Gasteiger partial charge in [0.25, 0.3) is 0 Å². The number of rotatable bonds is 6. The summed E-state index contributed by atoms with van der Waals surface area (Å²) < 4.78 is 7.73. The van der Waals surface area contributed by atoms with Crippen LogP contribution in [-0.2, 0) is 4.79 Å². The molecule has 0 unspecified atom stereocenters. The zero-order valence-electron chi connectivity index (χ0n) is 17.7. The van der Waals surface area contributed by atoms with Gasteiger partial charge in [0.05, 0.1) is 24.4 Å². The lowest BCUT2D eigenvalue weighted by molar-refractivity contribution is -0.121. The van der Waals surface area contributed by atoms with Gasteiger partial charge in [0, 0.05) is 22.7 Å². The molecule has 1 N–H and O–H groups in total. The van der Waals surface area contributed by atoms with Gasteiger partial charge in [-0.2, -0.15) is 0 Å². The molecular weight excluding hydrogens is 414 g/mol. The van der Waals surface area contributed by atoms with E-state index in [4.69, 9.17) is 21.3 Å². The largest absolute Gasteiger partial charge is 0.494 e. The standard InChI is InChI=1S/C23H24ClN5O2/c1-4-25-21(30)13-19-23-28-27-14(3)29(23)20-11-10-17(31-5-2)12-18(20)22(26-19)15-6-8-16(24)9-7-15/h6-12,19H,4-5,13H2,1-3H3,(H,25,30)/t19-/m0/s1. The van der Waals surface area contributed by atoms with Crippen molar-refractivity contribution < 1.29 is 9.53 Å². The number of ether oxygens (including phenoxy) is 1. The Hall–Kier alpha value is -3.19. The van der Waals surface area contributed by atoms with Crippen molar-refractivity contribution in [2.75, 3.05) is 13.2 Å². The van der Waals surface area contributed by atoms with Gasteiger partial charge in [-0.15, -0.1) is 10.2 Å². The van der Waals surface area contributed by atoms with E-state index in [1.807, 2.05) is 67.8 Å². The summed E-state index contributed by atoms with van der Waals surface area (Å²) in [4.78, 5) is 17.5. The van der Waals surface area contributed by atoms with Gasteiger partial charge < -0.3 is 10.1 Å². The highest BCUT2D eigenvalue weighted by atomic mass is 35.5. The molecule has 8 heteroatoms. The van der Waals surface area contributed by atoms with Crippen LogP contribution in [0.4, 0.5) is 0 Å². The summed E-state index contributed by atoms with van der Waals surface area (Å²) in [5, 5.41) is 12.2. The first kappa shape index (κ1) is 21.1. The second kappa shape index (κ2) is 8.89. The van der Waals surface area contributed by atoms with Crippen molar-refractivity contribution in [1.29, 1.82) is 0 Å². The first-order valence-corrected chi connectivity index (χ1v) is 10.7. The molecule has 31 heavy (non-hydrogen) atoms. The zero-order chi connectivity index (χ0) is 22.0. The minimum Gasteiger partial charge on any atom is -0.494 e. The Labute approximate surface area is 186 Å². The maximum Gasteiger partial charge on any atom is 0.222 e. The molecule has 1 aliphatic heterocycles. The first-order valence-electron chi connectivity index (χ1n) is 10.3. The number of carbonyl (C=O) groups excluding carboxylic acids is 1. The van der Waals surface area contributed by atoms with Crippen LogP contribution in [0.3, 0.4) is 0 Å². The summed E-state index contributed by atoms with van der Waals surface area (Å²) in [7, 11) is 0. The molecule has 0 bridgehead atoms. The molecule has 160 valence electrons. The maximum absolute atomic E-state index is 12.5. The van der Waals surface area contributed by atoms with Gasteiger partial charge in [-0.25, -0.2) is 0 Å². The molecule has 1 amide bonds. The van der Waals surface area contributed by atoms with Crippen LogP contribution in [-0.4, -0.2) is 39.5 Å². The molecule has 0 spiro atoms. The number of nitrogens with one attached hydrogen (secondary N) is 1. The molecule has 3 aromatic rings. The third-order valence-electron chi connectivity index (χ3n) is 5.08. The number of benzene rings is 2. The minimum atomic E-state index is -0.485. The van der Waals surface area contributed by atoms with Crippen LogP contribution < -0.4 is 10.1 Å². The van der Waals surface area contributed by atoms with Crippen molar-refractivity contribution in [3.05, 3.63) is 70.3 Å². The topological polar surface area (TPSA) is 81.4 Å². The fourth-order valence-electron chi connectivity index (χ4n) is 3.75. The van der Waals surface area contributed by atoms with E-state index in [1.165, 1.54) is 0 Å². The first-order chi connectivity index (χ1) is 15.0. The van der Waals surface area contributed by atoms with Crippen LogP contribution in [0.5, 0.6) is 5.75 Å². The van der Waals surface area contributed by atoms with E-state index in [2.05, 4.69) is 15.5 Å². The zero-order valence-corrected chi connectivity index (χ0v) is 18.5. The second-order valence-electron chi connectivity index (χ2n) is 7.21. The van der Waals surface area contributed by atoms with E-state index in [1.54, 1.807) is 0 Å². The number of hydrogen-bond donors (Lipinski definition) is 1. The monoisotopic (exact) mass is 437 g/mol. The van der Waals surface area contributed by atoms with E-state index in [9.17, 15) is 4.79 Å². The number of hydrogen-bond acceptors (Lipinski definition) is 5. The lowest BCUT2D eigenvalue weighted by atomic mass is 10.00. The molecule has 2 heterocycles. The van der Waals surface area contributed by atoms with Crippen molar-refractivity contribution in [2.45, 2.75) is 33.2 Å². The van der Waals surface area contributed by atoms with Crippen molar-refractivity contribution in [3.8, 4) is 11.4 Å². The number of aromatic nitrogens is 3. The van der Waals surface area contributed by atoms with Crippen LogP contribution in [0.15, 0.2) is 47.5 Å². The van der Waals surface area contributed by atoms with Crippen LogP contribution in [0.1, 0.15) is 49.1 Å². The van der Waals surface area contributed by atoms with E-state index in [0.29, 0.717) is 24.0 Å². The molecule has 1 aliphatic rings. The van der Waals surface area contributed by atoms with E-state index >= 15 is 0 Å². The van der Waals surface area contributed by atoms with Gasteiger partial charge in [-0.1, -0.05) is 23.7 Å². The molecule has 7 nitrogen and oxygen atoms in total. The summed E-state index contributed by atoms with van der Waals surface area (Å²) in [5.74, 6) is 2.03. The number of halogens is 1. The van der Waals surface area contributed by atoms with Gasteiger partial charge in [-0.05, 0) is 51.1 Å². The molecular formula is C23H24ClN5O2. The number of carbonyl (C=O) groups is 1. The average molecular weight is 438 g/mol. The van der Waals surface area contributed by atoms with E-state index in [-0.39, 0.29) is 12.3 Å². The second-order valence-corrected chi connectivity index (χ2v) is 7.65. The summed E-state index contributed by atoms with van der Waals surface area (Å²) in [5.41, 5.74) is 3.44. The lowest BCUT2D eigenvalue weighted by Crippen LogP contribution is -2.25. The highest BCUT2D eigenvalue weighted by Crippen LogP contribution is 2.34. The Morgan fingerprint density at radius 2 is 1.94 bits per heavy atom. The third-order valence-corrected chi connectivity index (χ3v) is 5.33. The molecule has 4 rings (SSSR count). The average Bonchev–Trinajstić information content (AvgIpc) is 3.07. The van der Waals surface area contributed by atoms with E-state index in [0.717, 1.165) is 34.1 Å². The van der Waals surface area contributed by atoms with E-state index < -0.39 is 6.04 Å². The number of aliphatic imine (C=N–C) groups is 1. The molecule has 1 aromatic heterocycles. The van der Waals surface area contributed by atoms with Crippen LogP contribution in [0.25, 0.3) is 5.69 Å². The molecule has 2 aromatic carbocycles. The number of amides is 1. The molecule has 1 atom stereocenters.